The Hall–Kier alpha value is -4.11. The van der Waals surface area contributed by atoms with Crippen molar-refractivity contribution in [2.75, 3.05) is 26.8 Å². The molecule has 0 radical (unpaired) electrons. The highest BCUT2D eigenvalue weighted by molar-refractivity contribution is 5.99. The number of hydrogen-bond acceptors (Lipinski definition) is 6. The number of nitrogens with one attached hydrogen (secondary N) is 1. The molecule has 3 aromatic rings. The Morgan fingerprint density at radius 3 is 2.53 bits per heavy atom. The number of piperidine rings is 1. The fourth-order valence-corrected chi connectivity index (χ4v) is 5.21. The van der Waals surface area contributed by atoms with E-state index in [1.165, 1.54) is 7.11 Å². The number of methoxy groups -OCH3 is 1. The minimum absolute atomic E-state index is 0.0469. The molecule has 1 spiro atoms. The molecule has 0 bridgehead atoms. The molecule has 5 rings (SSSR count). The summed E-state index contributed by atoms with van der Waals surface area (Å²) in [4.78, 5) is 43.8. The van der Waals surface area contributed by atoms with Gasteiger partial charge < -0.3 is 24.1 Å². The topological polar surface area (TPSA) is 101 Å². The van der Waals surface area contributed by atoms with Crippen molar-refractivity contribution < 1.29 is 28.3 Å². The molecule has 2 saturated heterocycles. The van der Waals surface area contributed by atoms with Gasteiger partial charge in [-0.05, 0) is 48.9 Å². The second-order valence-electron chi connectivity index (χ2n) is 9.58. The molecular formula is C29H31N3O6. The Labute approximate surface area is 221 Å². The van der Waals surface area contributed by atoms with Crippen molar-refractivity contribution in [3.05, 3.63) is 89.4 Å². The first-order valence-corrected chi connectivity index (χ1v) is 12.7. The van der Waals surface area contributed by atoms with Crippen LogP contribution in [0.3, 0.4) is 0 Å². The van der Waals surface area contributed by atoms with E-state index in [-0.39, 0.29) is 30.9 Å². The van der Waals surface area contributed by atoms with E-state index in [0.717, 1.165) is 5.56 Å². The smallest absolute Gasteiger partial charge is 0.257 e. The van der Waals surface area contributed by atoms with Gasteiger partial charge in [-0.1, -0.05) is 24.3 Å². The monoisotopic (exact) mass is 517 g/mol. The number of likely N-dealkylation sites (tertiary alicyclic amines) is 1. The van der Waals surface area contributed by atoms with E-state index < -0.39 is 11.8 Å². The lowest BCUT2D eigenvalue weighted by atomic mass is 9.95. The van der Waals surface area contributed by atoms with Gasteiger partial charge >= 0.3 is 0 Å². The lowest BCUT2D eigenvalue weighted by Gasteiger charge is -2.44. The van der Waals surface area contributed by atoms with Gasteiger partial charge in [-0.3, -0.25) is 19.3 Å². The van der Waals surface area contributed by atoms with Crippen molar-refractivity contribution in [2.45, 2.75) is 38.1 Å². The molecule has 0 saturated carbocycles. The largest absolute Gasteiger partial charge is 0.497 e. The predicted octanol–water partition coefficient (Wildman–Crippen LogP) is 3.39. The highest BCUT2D eigenvalue weighted by Gasteiger charge is 2.54. The third-order valence-electron chi connectivity index (χ3n) is 7.32. The van der Waals surface area contributed by atoms with Crippen LogP contribution >= 0.6 is 0 Å². The first kappa shape index (κ1) is 25.5. The zero-order chi connectivity index (χ0) is 26.7. The molecule has 3 heterocycles. The summed E-state index contributed by atoms with van der Waals surface area (Å²) in [6, 6.07) is 17.0. The molecule has 0 aliphatic carbocycles. The summed E-state index contributed by atoms with van der Waals surface area (Å²) >= 11 is 0. The number of carbonyl (C=O) groups excluding carboxylic acids is 3. The van der Waals surface area contributed by atoms with Crippen LogP contribution in [0.4, 0.5) is 0 Å². The van der Waals surface area contributed by atoms with Gasteiger partial charge in [-0.2, -0.15) is 0 Å². The second kappa shape index (κ2) is 10.7. The normalized spacial score (nSPS) is 18.4. The van der Waals surface area contributed by atoms with E-state index in [9.17, 15) is 14.4 Å². The van der Waals surface area contributed by atoms with Crippen molar-refractivity contribution in [3.63, 3.8) is 0 Å². The Balaban J connectivity index is 1.38. The molecule has 9 nitrogen and oxygen atoms in total. The van der Waals surface area contributed by atoms with Crippen LogP contribution in [0, 0.1) is 6.92 Å². The van der Waals surface area contributed by atoms with E-state index in [1.807, 2.05) is 31.2 Å². The summed E-state index contributed by atoms with van der Waals surface area (Å²) in [7, 11) is 1.54. The van der Waals surface area contributed by atoms with Crippen molar-refractivity contribution >= 4 is 17.7 Å². The third kappa shape index (κ3) is 4.89. The molecule has 3 amide bonds. The summed E-state index contributed by atoms with van der Waals surface area (Å²) in [6.07, 6.45) is 2.32. The number of carbonyl (C=O) groups is 3. The molecule has 2 fully saturated rings. The minimum atomic E-state index is -1.00. The van der Waals surface area contributed by atoms with Crippen LogP contribution in [0.25, 0.3) is 0 Å². The maximum absolute atomic E-state index is 13.9. The molecule has 1 aromatic heterocycles. The highest BCUT2D eigenvalue weighted by atomic mass is 16.5. The summed E-state index contributed by atoms with van der Waals surface area (Å²) < 4.78 is 16.9. The van der Waals surface area contributed by atoms with Crippen LogP contribution in [0.2, 0.25) is 0 Å². The summed E-state index contributed by atoms with van der Waals surface area (Å²) in [5.74, 6) is 0.462. The number of hydrogen-bond donors (Lipinski definition) is 1. The Morgan fingerprint density at radius 2 is 1.82 bits per heavy atom. The lowest BCUT2D eigenvalue weighted by molar-refractivity contribution is -0.128. The minimum Gasteiger partial charge on any atom is -0.497 e. The van der Waals surface area contributed by atoms with E-state index >= 15 is 0 Å². The van der Waals surface area contributed by atoms with Gasteiger partial charge in [-0.15, -0.1) is 0 Å². The predicted molar refractivity (Wildman–Crippen MR) is 139 cm³/mol. The van der Waals surface area contributed by atoms with Gasteiger partial charge in [0.2, 0.25) is 5.91 Å². The maximum Gasteiger partial charge on any atom is 0.257 e. The highest BCUT2D eigenvalue weighted by Crippen LogP contribution is 2.39. The maximum atomic E-state index is 13.9. The molecule has 1 atom stereocenters. The Bertz CT molecular complexity index is 1310. The molecule has 2 aliphatic heterocycles. The van der Waals surface area contributed by atoms with E-state index in [0.29, 0.717) is 48.6 Å². The van der Waals surface area contributed by atoms with Crippen LogP contribution in [0.5, 0.6) is 5.75 Å². The fraction of sp³-hybridized carbons (Fsp3) is 0.345. The third-order valence-corrected chi connectivity index (χ3v) is 7.32. The van der Waals surface area contributed by atoms with Crippen LogP contribution < -0.4 is 10.1 Å². The molecule has 1 N–H and O–H groups in total. The quantitative estimate of drug-likeness (QED) is 0.538. The van der Waals surface area contributed by atoms with Crippen LogP contribution in [-0.2, 0) is 16.1 Å². The van der Waals surface area contributed by atoms with Gasteiger partial charge in [0.1, 0.15) is 23.3 Å². The number of aryl methyl sites for hydroxylation is 1. The van der Waals surface area contributed by atoms with Crippen LogP contribution in [-0.4, -0.2) is 66.1 Å². The Kier molecular flexibility index (Phi) is 7.20. The van der Waals surface area contributed by atoms with Crippen molar-refractivity contribution in [1.82, 2.24) is 15.1 Å². The SMILES string of the molecule is COc1cccc(C(=O)N2C(C(=O)NCc3ccco3)COC23CCN(C(=O)c2ccccc2C)CC3)c1. The van der Waals surface area contributed by atoms with Crippen molar-refractivity contribution in [1.29, 1.82) is 0 Å². The first-order valence-electron chi connectivity index (χ1n) is 12.7. The molecule has 38 heavy (non-hydrogen) atoms. The van der Waals surface area contributed by atoms with Gasteiger partial charge in [-0.25, -0.2) is 0 Å². The number of furan rings is 1. The fourth-order valence-electron chi connectivity index (χ4n) is 5.21. The number of ether oxygens (including phenoxy) is 2. The van der Waals surface area contributed by atoms with Crippen LogP contribution in [0.15, 0.2) is 71.3 Å². The van der Waals surface area contributed by atoms with Crippen molar-refractivity contribution in [3.8, 4) is 5.75 Å². The van der Waals surface area contributed by atoms with Gasteiger partial charge in [0.25, 0.3) is 11.8 Å². The van der Waals surface area contributed by atoms with Gasteiger partial charge in [0.05, 0.1) is 26.5 Å². The number of amides is 3. The number of nitrogens with zero attached hydrogens (tertiary/aromatic N) is 2. The molecule has 2 aliphatic rings. The number of rotatable bonds is 6. The molecule has 1 unspecified atom stereocenters. The zero-order valence-electron chi connectivity index (χ0n) is 21.5. The number of benzene rings is 2. The molecular weight excluding hydrogens is 486 g/mol. The zero-order valence-corrected chi connectivity index (χ0v) is 21.5. The molecule has 2 aromatic carbocycles. The first-order chi connectivity index (χ1) is 18.4. The van der Waals surface area contributed by atoms with Gasteiger partial charge in [0, 0.05) is 37.1 Å². The van der Waals surface area contributed by atoms with E-state index in [2.05, 4.69) is 5.32 Å². The summed E-state index contributed by atoms with van der Waals surface area (Å²) in [5, 5.41) is 2.87. The van der Waals surface area contributed by atoms with Crippen molar-refractivity contribution in [2.24, 2.45) is 0 Å². The average molecular weight is 518 g/mol. The molecule has 198 valence electrons. The lowest BCUT2D eigenvalue weighted by Crippen LogP contribution is -2.59. The standard InChI is InChI=1S/C29H31N3O6/c1-20-7-3-4-11-24(20)28(35)31-14-12-29(13-15-31)32(27(34)21-8-5-9-22(17-21)36-2)25(19-38-29)26(33)30-18-23-10-6-16-37-23/h3-11,16-17,25H,12-15,18-19H2,1-2H3,(H,30,33). The van der Waals surface area contributed by atoms with E-state index in [4.69, 9.17) is 13.9 Å². The Morgan fingerprint density at radius 1 is 1.03 bits per heavy atom. The summed E-state index contributed by atoms with van der Waals surface area (Å²) in [6.45, 7) is 2.98. The summed E-state index contributed by atoms with van der Waals surface area (Å²) in [5.41, 5.74) is 0.972. The van der Waals surface area contributed by atoms with Crippen LogP contribution in [0.1, 0.15) is 44.9 Å². The second-order valence-corrected chi connectivity index (χ2v) is 9.58. The van der Waals surface area contributed by atoms with E-state index in [1.54, 1.807) is 52.5 Å². The van der Waals surface area contributed by atoms with Gasteiger partial charge in [0.15, 0.2) is 0 Å². The average Bonchev–Trinajstić information content (AvgIpc) is 3.60. The molecule has 9 heteroatoms.